The Bertz CT molecular complexity index is 1210. The monoisotopic (exact) mass is 473 g/mol. The van der Waals surface area contributed by atoms with Gasteiger partial charge in [0.05, 0.1) is 23.4 Å². The maximum absolute atomic E-state index is 11.6. The van der Waals surface area contributed by atoms with E-state index >= 15 is 0 Å². The highest BCUT2D eigenvalue weighted by Crippen LogP contribution is 2.24. The molecule has 31 heavy (non-hydrogen) atoms. The summed E-state index contributed by atoms with van der Waals surface area (Å²) >= 11 is 11.3. The van der Waals surface area contributed by atoms with E-state index in [4.69, 9.17) is 28.9 Å². The zero-order valence-electron chi connectivity index (χ0n) is 16.4. The molecule has 2 N–H and O–H groups in total. The Morgan fingerprint density at radius 3 is 2.61 bits per heavy atom. The first-order valence-electron chi connectivity index (χ1n) is 9.61. The summed E-state index contributed by atoms with van der Waals surface area (Å²) in [6.45, 7) is 0. The van der Waals surface area contributed by atoms with Crippen LogP contribution in [0.4, 0.5) is 0 Å². The quantitative estimate of drug-likeness (QED) is 0.336. The lowest BCUT2D eigenvalue weighted by Gasteiger charge is -2.11. The largest absolute Gasteiger partial charge is 0.358 e. The number of rotatable bonds is 5. The molecule has 1 atom stereocenters. The van der Waals surface area contributed by atoms with Crippen LogP contribution in [0.25, 0.3) is 16.9 Å². The maximum Gasteiger partial charge on any atom is 0.187 e. The van der Waals surface area contributed by atoms with E-state index in [1.54, 1.807) is 10.9 Å². The van der Waals surface area contributed by atoms with E-state index in [0.717, 1.165) is 22.5 Å². The number of aromatic nitrogens is 2. The topological polar surface area (TPSA) is 88.4 Å². The molecule has 7 nitrogen and oxygen atoms in total. The van der Waals surface area contributed by atoms with Crippen LogP contribution in [0.1, 0.15) is 12.0 Å². The number of thiocarbonyl (C=S) groups is 1. The molecule has 0 saturated carbocycles. The second kappa shape index (κ2) is 9.17. The molecule has 0 aliphatic carbocycles. The number of halogens is 1. The predicted octanol–water partition coefficient (Wildman–Crippen LogP) is 3.18. The molecule has 1 aliphatic rings. The van der Waals surface area contributed by atoms with Crippen molar-refractivity contribution in [3.05, 3.63) is 71.4 Å². The van der Waals surface area contributed by atoms with Crippen LogP contribution in [0.5, 0.6) is 0 Å². The SMILES string of the molecule is O=S1(=O)CC[C@H](NC(=S)N/N=C\c2cn(-c3ccccc3)nc2-c2ccc(Cl)cc2)C1. The Morgan fingerprint density at radius 2 is 1.94 bits per heavy atom. The van der Waals surface area contributed by atoms with Crippen molar-refractivity contribution < 1.29 is 8.42 Å². The summed E-state index contributed by atoms with van der Waals surface area (Å²) in [5.41, 5.74) is 6.11. The molecule has 2 aromatic carbocycles. The van der Waals surface area contributed by atoms with Gasteiger partial charge in [0.25, 0.3) is 0 Å². The van der Waals surface area contributed by atoms with Gasteiger partial charge in [0.15, 0.2) is 14.9 Å². The van der Waals surface area contributed by atoms with Crippen molar-refractivity contribution in [3.63, 3.8) is 0 Å². The lowest BCUT2D eigenvalue weighted by molar-refractivity contribution is 0.600. The van der Waals surface area contributed by atoms with Gasteiger partial charge < -0.3 is 5.32 Å². The number of nitrogens with zero attached hydrogens (tertiary/aromatic N) is 3. The molecule has 0 amide bonds. The standard InChI is InChI=1S/C21H20ClN5O2S2/c22-17-8-6-15(7-9-17)20-16(13-27(26-20)19-4-2-1-3-5-19)12-23-25-21(30)24-18-10-11-31(28,29)14-18/h1-9,12-13,18H,10-11,14H2,(H2,24,25,30)/b23-12-/t18-/m0/s1. The fourth-order valence-electron chi connectivity index (χ4n) is 3.31. The van der Waals surface area contributed by atoms with Crippen molar-refractivity contribution in [2.45, 2.75) is 12.5 Å². The third kappa shape index (κ3) is 5.49. The number of nitrogens with one attached hydrogen (secondary N) is 2. The van der Waals surface area contributed by atoms with Crippen LogP contribution in [0.3, 0.4) is 0 Å². The fraction of sp³-hybridized carbons (Fsp3) is 0.190. The van der Waals surface area contributed by atoms with Crippen molar-refractivity contribution in [2.24, 2.45) is 5.10 Å². The summed E-state index contributed by atoms with van der Waals surface area (Å²) in [5.74, 6) is 0.267. The number of hydrogen-bond donors (Lipinski definition) is 2. The summed E-state index contributed by atoms with van der Waals surface area (Å²) in [5, 5.41) is 12.9. The number of hydrogen-bond acceptors (Lipinski definition) is 5. The first kappa shape index (κ1) is 21.5. The highest BCUT2D eigenvalue weighted by atomic mass is 35.5. The van der Waals surface area contributed by atoms with Crippen LogP contribution < -0.4 is 10.7 Å². The average Bonchev–Trinajstić information content (AvgIpc) is 3.32. The zero-order valence-corrected chi connectivity index (χ0v) is 18.8. The van der Waals surface area contributed by atoms with E-state index in [1.807, 2.05) is 60.8 Å². The van der Waals surface area contributed by atoms with Crippen LogP contribution in [-0.2, 0) is 9.84 Å². The molecule has 0 unspecified atom stereocenters. The lowest BCUT2D eigenvalue weighted by Crippen LogP contribution is -2.40. The molecule has 3 aromatic rings. The molecule has 0 spiro atoms. The third-order valence-electron chi connectivity index (χ3n) is 4.82. The van der Waals surface area contributed by atoms with E-state index in [-0.39, 0.29) is 22.7 Å². The molecule has 160 valence electrons. The summed E-state index contributed by atoms with van der Waals surface area (Å²) in [4.78, 5) is 0. The highest BCUT2D eigenvalue weighted by molar-refractivity contribution is 7.91. The Labute approximate surface area is 191 Å². The lowest BCUT2D eigenvalue weighted by atomic mass is 10.1. The molecule has 1 fully saturated rings. The minimum absolute atomic E-state index is 0.0864. The third-order valence-corrected chi connectivity index (χ3v) is 7.05. The summed E-state index contributed by atoms with van der Waals surface area (Å²) in [6, 6.07) is 17.0. The summed E-state index contributed by atoms with van der Waals surface area (Å²) in [6.07, 6.45) is 4.05. The zero-order chi connectivity index (χ0) is 21.8. The van der Waals surface area contributed by atoms with Gasteiger partial charge in [-0.05, 0) is 42.9 Å². The van der Waals surface area contributed by atoms with Gasteiger partial charge in [-0.1, -0.05) is 41.9 Å². The fourth-order valence-corrected chi connectivity index (χ4v) is 5.33. The molecule has 0 bridgehead atoms. The van der Waals surface area contributed by atoms with Crippen molar-refractivity contribution in [1.82, 2.24) is 20.5 Å². The second-order valence-electron chi connectivity index (χ2n) is 7.16. The van der Waals surface area contributed by atoms with Crippen LogP contribution in [0.2, 0.25) is 5.02 Å². The van der Waals surface area contributed by atoms with Crippen LogP contribution in [0, 0.1) is 0 Å². The molecule has 4 rings (SSSR count). The number of sulfone groups is 1. The minimum Gasteiger partial charge on any atom is -0.358 e. The van der Waals surface area contributed by atoms with Crippen LogP contribution >= 0.6 is 23.8 Å². The van der Waals surface area contributed by atoms with Gasteiger partial charge in [0.1, 0.15) is 5.69 Å². The van der Waals surface area contributed by atoms with Gasteiger partial charge in [-0.15, -0.1) is 0 Å². The Kier molecular flexibility index (Phi) is 6.35. The van der Waals surface area contributed by atoms with Crippen molar-refractivity contribution in [2.75, 3.05) is 11.5 Å². The van der Waals surface area contributed by atoms with Gasteiger partial charge >= 0.3 is 0 Å². The Balaban J connectivity index is 1.53. The van der Waals surface area contributed by atoms with E-state index < -0.39 is 9.84 Å². The van der Waals surface area contributed by atoms with Gasteiger partial charge in [-0.25, -0.2) is 13.1 Å². The van der Waals surface area contributed by atoms with Gasteiger partial charge in [-0.3, -0.25) is 5.43 Å². The summed E-state index contributed by atoms with van der Waals surface area (Å²) < 4.78 is 24.9. The number of para-hydroxylation sites is 1. The number of benzene rings is 2. The predicted molar refractivity (Wildman–Crippen MR) is 128 cm³/mol. The highest BCUT2D eigenvalue weighted by Gasteiger charge is 2.28. The minimum atomic E-state index is -2.98. The van der Waals surface area contributed by atoms with Gasteiger partial charge in [-0.2, -0.15) is 10.2 Å². The first-order chi connectivity index (χ1) is 14.9. The molecular weight excluding hydrogens is 454 g/mol. The van der Waals surface area contributed by atoms with Crippen molar-refractivity contribution >= 4 is 45.0 Å². The maximum atomic E-state index is 11.6. The molecule has 10 heteroatoms. The van der Waals surface area contributed by atoms with Crippen LogP contribution in [-0.4, -0.2) is 47.1 Å². The molecule has 1 aliphatic heterocycles. The molecule has 1 aromatic heterocycles. The number of hydrazone groups is 1. The van der Waals surface area contributed by atoms with Gasteiger partial charge in [0, 0.05) is 28.4 Å². The van der Waals surface area contributed by atoms with Gasteiger partial charge in [0.2, 0.25) is 0 Å². The van der Waals surface area contributed by atoms with Crippen molar-refractivity contribution in [1.29, 1.82) is 0 Å². The van der Waals surface area contributed by atoms with E-state index in [0.29, 0.717) is 11.4 Å². The Morgan fingerprint density at radius 1 is 1.19 bits per heavy atom. The molecule has 2 heterocycles. The normalized spacial score (nSPS) is 17.6. The van der Waals surface area contributed by atoms with Crippen molar-refractivity contribution in [3.8, 4) is 16.9 Å². The molecule has 1 saturated heterocycles. The molecule has 0 radical (unpaired) electrons. The van der Waals surface area contributed by atoms with E-state index in [9.17, 15) is 8.42 Å². The second-order valence-corrected chi connectivity index (χ2v) is 10.2. The first-order valence-corrected chi connectivity index (χ1v) is 12.2. The Hall–Kier alpha value is -2.75. The molecular formula is C21H20ClN5O2S2. The van der Waals surface area contributed by atoms with E-state index in [2.05, 4.69) is 15.8 Å². The van der Waals surface area contributed by atoms with Crippen LogP contribution in [0.15, 0.2) is 65.9 Å². The summed E-state index contributed by atoms with van der Waals surface area (Å²) in [7, 11) is -2.98. The average molecular weight is 474 g/mol. The van der Waals surface area contributed by atoms with E-state index in [1.165, 1.54) is 0 Å². The smallest absolute Gasteiger partial charge is 0.187 e.